The van der Waals surface area contributed by atoms with Crippen LogP contribution in [0.4, 0.5) is 0 Å². The molecule has 62 heavy (non-hydrogen) atoms. The maximum atomic E-state index is 13.7. The van der Waals surface area contributed by atoms with Gasteiger partial charge in [-0.1, -0.05) is 12.1 Å². The zero-order chi connectivity index (χ0) is 45.4. The first-order chi connectivity index (χ1) is 29.4. The molecule has 3 heterocycles. The van der Waals surface area contributed by atoms with Gasteiger partial charge in [0.05, 0.1) is 5.56 Å². The number of fused-ring (bicyclic) bond motifs is 1. The van der Waals surface area contributed by atoms with Crippen molar-refractivity contribution in [2.24, 2.45) is 0 Å². The number of hydrogen-bond acceptors (Lipinski definition) is 21. The summed E-state index contributed by atoms with van der Waals surface area (Å²) in [5.41, 5.74) is -0.190. The lowest BCUT2D eigenvalue weighted by Gasteiger charge is -2.43. The summed E-state index contributed by atoms with van der Waals surface area (Å²) in [6.07, 6.45) is -11.4. The lowest BCUT2D eigenvalue weighted by molar-refractivity contribution is -0.301. The number of ether oxygens (including phenoxy) is 12. The predicted molar refractivity (Wildman–Crippen MR) is 205 cm³/mol. The minimum atomic E-state index is -1.35. The van der Waals surface area contributed by atoms with Gasteiger partial charge < -0.3 is 66.4 Å². The second-order valence-electron chi connectivity index (χ2n) is 13.9. The maximum absolute atomic E-state index is 13.7. The quantitative estimate of drug-likeness (QED) is 0.169. The number of hydrogen-bond donors (Lipinski definition) is 1. The first kappa shape index (κ1) is 46.8. The SMILES string of the molecule is CO[C@H]1O[C@H](COc2ccc(-c3coc4cc(OC[C@H]5O[C@H](OC)[C@H](OC(C)=O)[C@@H](OC(C)=O)[C@@H]5OC(C)=O)cc(O)c4c3=O)cc2)[C@@H](OC(C)=O)[C@H](OC(C)=O)[C@H]1OC(C)=O. The fourth-order valence-corrected chi connectivity index (χ4v) is 6.94. The molecule has 5 rings (SSSR count). The molecular weight excluding hydrogens is 828 g/mol. The van der Waals surface area contributed by atoms with Crippen LogP contribution in [0.3, 0.4) is 0 Å². The smallest absolute Gasteiger partial charge is 0.303 e. The molecule has 0 aliphatic carbocycles. The predicted octanol–water partition coefficient (Wildman–Crippen LogP) is 2.26. The van der Waals surface area contributed by atoms with Crippen LogP contribution in [0.25, 0.3) is 22.1 Å². The van der Waals surface area contributed by atoms with Gasteiger partial charge in [0, 0.05) is 67.9 Å². The van der Waals surface area contributed by atoms with Gasteiger partial charge in [0.1, 0.15) is 59.9 Å². The van der Waals surface area contributed by atoms with Gasteiger partial charge >= 0.3 is 35.8 Å². The monoisotopic (exact) mass is 874 g/mol. The van der Waals surface area contributed by atoms with Crippen molar-refractivity contribution >= 4 is 46.8 Å². The van der Waals surface area contributed by atoms with E-state index in [-0.39, 0.29) is 41.2 Å². The zero-order valence-corrected chi connectivity index (χ0v) is 34.8. The minimum Gasteiger partial charge on any atom is -0.507 e. The molecule has 2 aromatic carbocycles. The second-order valence-corrected chi connectivity index (χ2v) is 13.9. The number of phenolic OH excluding ortho intramolecular Hbond substituents is 1. The van der Waals surface area contributed by atoms with Crippen molar-refractivity contribution in [1.29, 1.82) is 0 Å². The summed E-state index contributed by atoms with van der Waals surface area (Å²) in [5, 5.41) is 10.9. The van der Waals surface area contributed by atoms with E-state index < -0.39 is 108 Å². The molecule has 21 heteroatoms. The van der Waals surface area contributed by atoms with E-state index in [2.05, 4.69) is 0 Å². The van der Waals surface area contributed by atoms with Crippen molar-refractivity contribution in [3.8, 4) is 28.4 Å². The average molecular weight is 875 g/mol. The van der Waals surface area contributed by atoms with Crippen LogP contribution < -0.4 is 14.9 Å². The van der Waals surface area contributed by atoms with Crippen LogP contribution in [0.5, 0.6) is 17.2 Å². The van der Waals surface area contributed by atoms with E-state index in [0.717, 1.165) is 47.6 Å². The van der Waals surface area contributed by atoms with Crippen molar-refractivity contribution in [1.82, 2.24) is 0 Å². The lowest BCUT2D eigenvalue weighted by Crippen LogP contribution is -2.62. The molecule has 2 fully saturated rings. The highest BCUT2D eigenvalue weighted by Crippen LogP contribution is 2.34. The van der Waals surface area contributed by atoms with Crippen molar-refractivity contribution in [2.45, 2.75) is 103 Å². The summed E-state index contributed by atoms with van der Waals surface area (Å²) in [6.45, 7) is 6.14. The van der Waals surface area contributed by atoms with Crippen molar-refractivity contribution in [3.63, 3.8) is 0 Å². The first-order valence-corrected chi connectivity index (χ1v) is 18.9. The van der Waals surface area contributed by atoms with Gasteiger partial charge in [-0.15, -0.1) is 0 Å². The molecule has 0 spiro atoms. The van der Waals surface area contributed by atoms with Crippen LogP contribution in [-0.2, 0) is 76.1 Å². The Bertz CT molecular complexity index is 2180. The molecule has 336 valence electrons. The van der Waals surface area contributed by atoms with Gasteiger partial charge in [0.25, 0.3) is 0 Å². The molecule has 21 nitrogen and oxygen atoms in total. The van der Waals surface area contributed by atoms with E-state index in [1.807, 2.05) is 0 Å². The van der Waals surface area contributed by atoms with Gasteiger partial charge in [-0.05, 0) is 17.7 Å². The van der Waals surface area contributed by atoms with Crippen LogP contribution >= 0.6 is 0 Å². The van der Waals surface area contributed by atoms with Crippen LogP contribution in [0, 0.1) is 0 Å². The Labute approximate surface area is 353 Å². The Morgan fingerprint density at radius 2 is 0.968 bits per heavy atom. The second kappa shape index (κ2) is 20.5. The van der Waals surface area contributed by atoms with E-state index >= 15 is 0 Å². The van der Waals surface area contributed by atoms with E-state index in [4.69, 9.17) is 61.3 Å². The van der Waals surface area contributed by atoms with Crippen LogP contribution in [0.1, 0.15) is 41.5 Å². The number of aromatic hydroxyl groups is 1. The molecule has 2 aliphatic rings. The molecule has 0 saturated carbocycles. The fraction of sp³-hybridized carbons (Fsp3) is 0.488. The average Bonchev–Trinajstić information content (AvgIpc) is 3.18. The standard InChI is InChI=1S/C41H46O21/c1-18(42)55-34-30(61-40(50-7)38(59-22(5)46)36(34)57-20(3)44)16-52-25-11-9-24(10-12-25)27-15-54-29-14-26(13-28(48)32(29)33(27)49)53-17-31-35(56-19(2)43)37(58-21(4)45)39(60-23(6)47)41(51-8)62-31/h9-15,30-31,34-41,48H,16-17H2,1-8H3/t30-,31-,34-,35-,36+,37+,38-,39-,40+,41+/m1/s1. The Hall–Kier alpha value is -6.29. The van der Waals surface area contributed by atoms with Gasteiger partial charge in [-0.25, -0.2) is 0 Å². The number of rotatable bonds is 15. The maximum Gasteiger partial charge on any atom is 0.303 e. The highest BCUT2D eigenvalue weighted by atomic mass is 16.7. The van der Waals surface area contributed by atoms with Crippen LogP contribution in [0.2, 0.25) is 0 Å². The third kappa shape index (κ3) is 11.3. The number of carbonyl (C=O) groups excluding carboxylic acids is 6. The van der Waals surface area contributed by atoms with Gasteiger partial charge in [-0.3, -0.25) is 33.6 Å². The Kier molecular flexibility index (Phi) is 15.5. The van der Waals surface area contributed by atoms with Gasteiger partial charge in [0.2, 0.25) is 5.43 Å². The molecule has 2 saturated heterocycles. The summed E-state index contributed by atoms with van der Waals surface area (Å²) in [7, 11) is 2.55. The largest absolute Gasteiger partial charge is 0.507 e. The summed E-state index contributed by atoms with van der Waals surface area (Å²) < 4.78 is 72.5. The number of phenols is 1. The molecular formula is C41H46O21. The van der Waals surface area contributed by atoms with Crippen LogP contribution in [0.15, 0.2) is 51.9 Å². The molecule has 1 aromatic heterocycles. The number of carbonyl (C=O) groups is 6. The summed E-state index contributed by atoms with van der Waals surface area (Å²) >= 11 is 0. The number of benzene rings is 2. The summed E-state index contributed by atoms with van der Waals surface area (Å²) in [4.78, 5) is 85.7. The highest BCUT2D eigenvalue weighted by molar-refractivity contribution is 5.88. The molecule has 0 amide bonds. The third-order valence-electron chi connectivity index (χ3n) is 9.28. The van der Waals surface area contributed by atoms with E-state index in [0.29, 0.717) is 5.56 Å². The summed E-state index contributed by atoms with van der Waals surface area (Å²) in [5.74, 6) is -4.68. The van der Waals surface area contributed by atoms with Crippen molar-refractivity contribution < 1.29 is 95.1 Å². The Morgan fingerprint density at radius 3 is 1.39 bits per heavy atom. The fourth-order valence-electron chi connectivity index (χ4n) is 6.94. The van der Waals surface area contributed by atoms with Crippen LogP contribution in [-0.4, -0.2) is 130 Å². The molecule has 3 aromatic rings. The normalized spacial score (nSPS) is 25.7. The third-order valence-corrected chi connectivity index (χ3v) is 9.28. The Balaban J connectivity index is 1.33. The van der Waals surface area contributed by atoms with E-state index in [1.165, 1.54) is 38.7 Å². The molecule has 10 atom stereocenters. The van der Waals surface area contributed by atoms with E-state index in [1.54, 1.807) is 12.1 Å². The minimum absolute atomic E-state index is 0.00784. The van der Waals surface area contributed by atoms with Crippen molar-refractivity contribution in [3.05, 3.63) is 52.9 Å². The lowest BCUT2D eigenvalue weighted by atomic mass is 9.98. The number of esters is 6. The molecule has 0 unspecified atom stereocenters. The first-order valence-electron chi connectivity index (χ1n) is 18.9. The highest BCUT2D eigenvalue weighted by Gasteiger charge is 2.53. The molecule has 0 bridgehead atoms. The van der Waals surface area contributed by atoms with Gasteiger partial charge in [0.15, 0.2) is 49.2 Å². The zero-order valence-electron chi connectivity index (χ0n) is 34.8. The number of methoxy groups -OCH3 is 2. The molecule has 1 N–H and O–H groups in total. The molecule has 0 radical (unpaired) electrons. The van der Waals surface area contributed by atoms with Crippen molar-refractivity contribution in [2.75, 3.05) is 27.4 Å². The Morgan fingerprint density at radius 1 is 0.565 bits per heavy atom. The van der Waals surface area contributed by atoms with E-state index in [9.17, 15) is 38.7 Å². The van der Waals surface area contributed by atoms with Gasteiger partial charge in [-0.2, -0.15) is 0 Å². The topological polar surface area (TPSA) is 264 Å². The summed E-state index contributed by atoms with van der Waals surface area (Å²) in [6, 6.07) is 8.66. The molecule has 2 aliphatic heterocycles.